The van der Waals surface area contributed by atoms with Crippen molar-refractivity contribution in [2.24, 2.45) is 5.10 Å². The lowest BCUT2D eigenvalue weighted by molar-refractivity contribution is 0.324. The zero-order valence-electron chi connectivity index (χ0n) is 13.1. The number of anilines is 1. The predicted molar refractivity (Wildman–Crippen MR) is 96.6 cm³/mol. The van der Waals surface area contributed by atoms with Gasteiger partial charge in [-0.3, -0.25) is 5.43 Å². The summed E-state index contributed by atoms with van der Waals surface area (Å²) in [4.78, 5) is 4.01. The molecule has 1 N–H and O–H groups in total. The Morgan fingerprint density at radius 2 is 1.58 bits per heavy atom. The molecule has 6 nitrogen and oxygen atoms in total. The van der Waals surface area contributed by atoms with Gasteiger partial charge in [-0.05, 0) is 18.2 Å². The second kappa shape index (κ2) is 8.28. The van der Waals surface area contributed by atoms with Crippen LogP contribution in [0.3, 0.4) is 0 Å². The summed E-state index contributed by atoms with van der Waals surface area (Å²) in [6.45, 7) is 0. The highest BCUT2D eigenvalue weighted by molar-refractivity contribution is 6.42. The fourth-order valence-electron chi connectivity index (χ4n) is 1.87. The van der Waals surface area contributed by atoms with E-state index in [1.54, 1.807) is 18.3 Å². The number of hydrogen-bond acceptors (Lipinski definition) is 6. The SMILES string of the molecule is COc1cc(/C=N\Nc2nc(Cl)c(Cl)cc2Cl)cc(OC)c1OC. The van der Waals surface area contributed by atoms with Crippen molar-refractivity contribution in [3.63, 3.8) is 0 Å². The lowest BCUT2D eigenvalue weighted by Gasteiger charge is -2.12. The summed E-state index contributed by atoms with van der Waals surface area (Å²) in [7, 11) is 4.61. The van der Waals surface area contributed by atoms with Crippen LogP contribution in [0.4, 0.5) is 5.82 Å². The van der Waals surface area contributed by atoms with Crippen LogP contribution in [-0.4, -0.2) is 32.5 Å². The van der Waals surface area contributed by atoms with E-state index in [-0.39, 0.29) is 16.0 Å². The van der Waals surface area contributed by atoms with Crippen LogP contribution in [0, 0.1) is 0 Å². The number of hydrogen-bond donors (Lipinski definition) is 1. The highest BCUT2D eigenvalue weighted by atomic mass is 35.5. The van der Waals surface area contributed by atoms with Crippen LogP contribution in [0.5, 0.6) is 17.2 Å². The number of benzene rings is 1. The molecule has 0 aliphatic rings. The fraction of sp³-hybridized carbons (Fsp3) is 0.200. The van der Waals surface area contributed by atoms with Crippen molar-refractivity contribution in [3.8, 4) is 17.2 Å². The number of nitrogens with one attached hydrogen (secondary N) is 1. The molecule has 0 unspecified atom stereocenters. The molecular weight excluding hydrogens is 377 g/mol. The van der Waals surface area contributed by atoms with Gasteiger partial charge < -0.3 is 14.2 Å². The van der Waals surface area contributed by atoms with Crippen molar-refractivity contribution in [2.75, 3.05) is 26.8 Å². The monoisotopic (exact) mass is 389 g/mol. The number of rotatable bonds is 6. The molecule has 2 aromatic rings. The van der Waals surface area contributed by atoms with E-state index >= 15 is 0 Å². The lowest BCUT2D eigenvalue weighted by Crippen LogP contribution is -1.98. The van der Waals surface area contributed by atoms with Crippen LogP contribution < -0.4 is 19.6 Å². The predicted octanol–water partition coefficient (Wildman–Crippen LogP) is 4.51. The molecule has 0 aliphatic heterocycles. The maximum absolute atomic E-state index is 6.02. The van der Waals surface area contributed by atoms with Crippen LogP contribution in [0.2, 0.25) is 15.2 Å². The second-order valence-corrected chi connectivity index (χ2v) is 5.59. The van der Waals surface area contributed by atoms with Crippen molar-refractivity contribution in [1.82, 2.24) is 4.98 Å². The molecule has 1 heterocycles. The molecule has 1 aromatic carbocycles. The average Bonchev–Trinajstić information content (AvgIpc) is 2.58. The Morgan fingerprint density at radius 3 is 2.12 bits per heavy atom. The molecule has 0 fully saturated rings. The Kier molecular flexibility index (Phi) is 6.36. The first-order valence-corrected chi connectivity index (χ1v) is 7.74. The first kappa shape index (κ1) is 18.4. The molecule has 0 saturated heterocycles. The molecule has 2 rings (SSSR count). The maximum Gasteiger partial charge on any atom is 0.203 e. The van der Waals surface area contributed by atoms with Crippen LogP contribution in [0.1, 0.15) is 5.56 Å². The zero-order chi connectivity index (χ0) is 17.7. The van der Waals surface area contributed by atoms with Gasteiger partial charge in [0, 0.05) is 5.56 Å². The van der Waals surface area contributed by atoms with Gasteiger partial charge in [0.2, 0.25) is 5.75 Å². The van der Waals surface area contributed by atoms with Gasteiger partial charge in [0.1, 0.15) is 5.15 Å². The first-order valence-electron chi connectivity index (χ1n) is 6.60. The first-order chi connectivity index (χ1) is 11.5. The average molecular weight is 391 g/mol. The highest BCUT2D eigenvalue weighted by Crippen LogP contribution is 2.37. The molecule has 0 saturated carbocycles. The minimum atomic E-state index is 0.131. The largest absolute Gasteiger partial charge is 0.493 e. The number of halogens is 3. The molecule has 0 amide bonds. The summed E-state index contributed by atoms with van der Waals surface area (Å²) in [6.07, 6.45) is 1.55. The molecule has 0 aliphatic carbocycles. The fourth-order valence-corrected chi connectivity index (χ4v) is 2.41. The Bertz CT molecular complexity index is 744. The summed E-state index contributed by atoms with van der Waals surface area (Å²) in [6, 6.07) is 4.97. The third kappa shape index (κ3) is 4.14. The van der Waals surface area contributed by atoms with Crippen molar-refractivity contribution < 1.29 is 14.2 Å². The van der Waals surface area contributed by atoms with Gasteiger partial charge in [0.25, 0.3) is 0 Å². The topological polar surface area (TPSA) is 65.0 Å². The zero-order valence-corrected chi connectivity index (χ0v) is 15.3. The number of hydrazone groups is 1. The summed E-state index contributed by atoms with van der Waals surface area (Å²) >= 11 is 17.7. The summed E-state index contributed by atoms with van der Waals surface area (Å²) in [5.74, 6) is 1.82. The lowest BCUT2D eigenvalue weighted by atomic mass is 10.2. The molecule has 1 aromatic heterocycles. The number of aromatic nitrogens is 1. The van der Waals surface area contributed by atoms with Gasteiger partial charge in [0.05, 0.1) is 37.6 Å². The van der Waals surface area contributed by atoms with Gasteiger partial charge in [0.15, 0.2) is 17.3 Å². The smallest absolute Gasteiger partial charge is 0.203 e. The minimum Gasteiger partial charge on any atom is -0.493 e. The van der Waals surface area contributed by atoms with Gasteiger partial charge in [-0.15, -0.1) is 0 Å². The molecule has 24 heavy (non-hydrogen) atoms. The molecule has 0 atom stereocenters. The Labute approximate surface area is 154 Å². The van der Waals surface area contributed by atoms with Crippen molar-refractivity contribution in [3.05, 3.63) is 39.0 Å². The van der Waals surface area contributed by atoms with Crippen molar-refractivity contribution >= 4 is 46.8 Å². The van der Waals surface area contributed by atoms with E-state index in [1.165, 1.54) is 27.4 Å². The quantitative estimate of drug-likeness (QED) is 0.446. The Morgan fingerprint density at radius 1 is 0.958 bits per heavy atom. The maximum atomic E-state index is 6.02. The van der Waals surface area contributed by atoms with Gasteiger partial charge in [-0.1, -0.05) is 34.8 Å². The molecule has 0 bridgehead atoms. The highest BCUT2D eigenvalue weighted by Gasteiger charge is 2.12. The van der Waals surface area contributed by atoms with Crippen LogP contribution in [0.25, 0.3) is 0 Å². The molecular formula is C15H14Cl3N3O3. The number of nitrogens with zero attached hydrogens (tertiary/aromatic N) is 2. The molecule has 0 radical (unpaired) electrons. The van der Waals surface area contributed by atoms with E-state index in [0.717, 1.165) is 0 Å². The Hall–Kier alpha value is -1.89. The van der Waals surface area contributed by atoms with Crippen molar-refractivity contribution in [1.29, 1.82) is 0 Å². The number of methoxy groups -OCH3 is 3. The Balaban J connectivity index is 2.25. The summed E-state index contributed by atoms with van der Waals surface area (Å²) < 4.78 is 15.8. The third-order valence-electron chi connectivity index (χ3n) is 2.96. The van der Waals surface area contributed by atoms with E-state index < -0.39 is 0 Å². The van der Waals surface area contributed by atoms with Crippen molar-refractivity contribution in [2.45, 2.75) is 0 Å². The third-order valence-corrected chi connectivity index (χ3v) is 3.92. The van der Waals surface area contributed by atoms with Crippen LogP contribution in [-0.2, 0) is 0 Å². The normalized spacial score (nSPS) is 10.8. The van der Waals surface area contributed by atoms with E-state index in [0.29, 0.717) is 27.8 Å². The van der Waals surface area contributed by atoms with Gasteiger partial charge >= 0.3 is 0 Å². The second-order valence-electron chi connectivity index (χ2n) is 4.42. The summed E-state index contributed by atoms with van der Waals surface area (Å²) in [5.41, 5.74) is 3.42. The molecule has 128 valence electrons. The van der Waals surface area contributed by atoms with E-state index in [4.69, 9.17) is 49.0 Å². The van der Waals surface area contributed by atoms with Gasteiger partial charge in [-0.2, -0.15) is 5.10 Å². The number of pyridine rings is 1. The van der Waals surface area contributed by atoms with E-state index in [2.05, 4.69) is 15.5 Å². The molecule has 9 heteroatoms. The number of ether oxygens (including phenoxy) is 3. The van der Waals surface area contributed by atoms with E-state index in [1.807, 2.05) is 0 Å². The molecule has 0 spiro atoms. The minimum absolute atomic E-state index is 0.131. The van der Waals surface area contributed by atoms with E-state index in [9.17, 15) is 0 Å². The summed E-state index contributed by atoms with van der Waals surface area (Å²) in [5, 5.41) is 4.77. The van der Waals surface area contributed by atoms with Crippen LogP contribution in [0.15, 0.2) is 23.3 Å². The van der Waals surface area contributed by atoms with Gasteiger partial charge in [-0.25, -0.2) is 4.98 Å². The standard InChI is InChI=1S/C15H14Cl3N3O3/c1-22-11-4-8(5-12(23-2)13(11)24-3)7-19-21-15-10(17)6-9(16)14(18)20-15/h4-7H,1-3H3,(H,20,21)/b19-7-. The van der Waals surface area contributed by atoms with Crippen LogP contribution >= 0.6 is 34.8 Å².